The minimum atomic E-state index is -0.523. The molecule has 0 unspecified atom stereocenters. The molecule has 2 aromatic heterocycles. The third-order valence-electron chi connectivity index (χ3n) is 5.31. The van der Waals surface area contributed by atoms with Gasteiger partial charge < -0.3 is 24.4 Å². The van der Waals surface area contributed by atoms with Crippen LogP contribution in [-0.4, -0.2) is 88.3 Å². The lowest BCUT2D eigenvalue weighted by Gasteiger charge is -2.34. The highest BCUT2D eigenvalue weighted by molar-refractivity contribution is 5.93. The van der Waals surface area contributed by atoms with Crippen LogP contribution in [0.15, 0.2) is 36.5 Å². The summed E-state index contributed by atoms with van der Waals surface area (Å²) in [5.74, 6) is 0.652. The highest BCUT2D eigenvalue weighted by Gasteiger charge is 2.26. The van der Waals surface area contributed by atoms with E-state index in [2.05, 4.69) is 10.1 Å². The van der Waals surface area contributed by atoms with Crippen molar-refractivity contribution < 1.29 is 24.2 Å². The van der Waals surface area contributed by atoms with E-state index in [0.29, 0.717) is 43.3 Å². The smallest absolute Gasteiger partial charge is 0.274 e. The minimum absolute atomic E-state index is 0.222. The number of fused-ring (bicyclic) bond motifs is 1. The predicted octanol–water partition coefficient (Wildman–Crippen LogP) is 0.690. The van der Waals surface area contributed by atoms with Crippen LogP contribution in [0.4, 0.5) is 0 Å². The summed E-state index contributed by atoms with van der Waals surface area (Å²) in [6, 6.07) is 9.00. The molecule has 31 heavy (non-hydrogen) atoms. The first-order chi connectivity index (χ1) is 15.0. The number of carbonyl (C=O) groups excluding carboxylic acids is 2. The molecule has 0 aliphatic carbocycles. The number of piperazine rings is 1. The number of aliphatic hydroxyl groups excluding tert-OH is 1. The van der Waals surface area contributed by atoms with Gasteiger partial charge in [0.15, 0.2) is 22.8 Å². The molecule has 0 saturated carbocycles. The van der Waals surface area contributed by atoms with Crippen LogP contribution in [0.25, 0.3) is 16.9 Å². The average Bonchev–Trinajstić information content (AvgIpc) is 3.27. The first kappa shape index (κ1) is 20.6. The van der Waals surface area contributed by atoms with E-state index < -0.39 is 6.61 Å². The van der Waals surface area contributed by atoms with Crippen LogP contribution in [0.1, 0.15) is 10.5 Å². The Kier molecular flexibility index (Phi) is 5.72. The van der Waals surface area contributed by atoms with Gasteiger partial charge in [0, 0.05) is 44.0 Å². The largest absolute Gasteiger partial charge is 0.493 e. The standard InChI is InChI=1S/C21H23N5O5/c1-30-17-4-3-14(11-18(17)31-2)16-5-6-22-19-12-15(23-26(16)19)21(29)25-9-7-24(8-10-25)20(28)13-27/h3-6,11-12,27H,7-10,13H2,1-2H3. The number of amides is 2. The lowest BCUT2D eigenvalue weighted by Crippen LogP contribution is -2.51. The summed E-state index contributed by atoms with van der Waals surface area (Å²) >= 11 is 0. The number of benzene rings is 1. The summed E-state index contributed by atoms with van der Waals surface area (Å²) in [6.45, 7) is 1.01. The van der Waals surface area contributed by atoms with Crippen LogP contribution in [-0.2, 0) is 4.79 Å². The quantitative estimate of drug-likeness (QED) is 0.641. The van der Waals surface area contributed by atoms with E-state index in [9.17, 15) is 9.59 Å². The SMILES string of the molecule is COc1ccc(-c2ccnc3cc(C(=O)N4CCN(C(=O)CO)CC4)nn23)cc1OC. The van der Waals surface area contributed by atoms with Crippen LogP contribution < -0.4 is 9.47 Å². The molecular formula is C21H23N5O5. The monoisotopic (exact) mass is 425 g/mol. The Bertz CT molecular complexity index is 1120. The third kappa shape index (κ3) is 3.89. The van der Waals surface area contributed by atoms with Gasteiger partial charge in [-0.15, -0.1) is 0 Å². The van der Waals surface area contributed by atoms with E-state index in [1.807, 2.05) is 24.3 Å². The summed E-state index contributed by atoms with van der Waals surface area (Å²) < 4.78 is 12.3. The number of methoxy groups -OCH3 is 2. The van der Waals surface area contributed by atoms with Crippen molar-refractivity contribution in [3.05, 3.63) is 42.2 Å². The van der Waals surface area contributed by atoms with E-state index >= 15 is 0 Å². The minimum Gasteiger partial charge on any atom is -0.493 e. The highest BCUT2D eigenvalue weighted by Crippen LogP contribution is 2.32. The Morgan fingerprint density at radius 1 is 1.00 bits per heavy atom. The van der Waals surface area contributed by atoms with Gasteiger partial charge in [-0.3, -0.25) is 9.59 Å². The van der Waals surface area contributed by atoms with Gasteiger partial charge in [-0.05, 0) is 24.3 Å². The van der Waals surface area contributed by atoms with Crippen molar-refractivity contribution in [2.75, 3.05) is 47.0 Å². The molecule has 0 bridgehead atoms. The Morgan fingerprint density at radius 3 is 2.39 bits per heavy atom. The van der Waals surface area contributed by atoms with E-state index in [0.717, 1.165) is 11.3 Å². The lowest BCUT2D eigenvalue weighted by molar-refractivity contribution is -0.135. The van der Waals surface area contributed by atoms with Crippen molar-refractivity contribution in [2.24, 2.45) is 0 Å². The fourth-order valence-electron chi connectivity index (χ4n) is 3.63. The Balaban J connectivity index is 1.61. The van der Waals surface area contributed by atoms with Gasteiger partial charge in [0.1, 0.15) is 6.61 Å². The van der Waals surface area contributed by atoms with E-state index in [1.54, 1.807) is 40.8 Å². The van der Waals surface area contributed by atoms with E-state index in [1.165, 1.54) is 0 Å². The zero-order chi connectivity index (χ0) is 22.0. The second-order valence-corrected chi connectivity index (χ2v) is 7.03. The first-order valence-electron chi connectivity index (χ1n) is 9.80. The molecule has 162 valence electrons. The first-order valence-corrected chi connectivity index (χ1v) is 9.80. The Labute approximate surface area is 178 Å². The summed E-state index contributed by atoms with van der Waals surface area (Å²) in [6.07, 6.45) is 1.66. The molecule has 1 aliphatic rings. The Hall–Kier alpha value is -3.66. The zero-order valence-corrected chi connectivity index (χ0v) is 17.3. The summed E-state index contributed by atoms with van der Waals surface area (Å²) in [5.41, 5.74) is 2.42. The molecule has 0 radical (unpaired) electrons. The van der Waals surface area contributed by atoms with Gasteiger partial charge in [-0.25, -0.2) is 9.50 Å². The molecule has 10 nitrogen and oxygen atoms in total. The van der Waals surface area contributed by atoms with E-state index in [-0.39, 0.29) is 17.5 Å². The maximum atomic E-state index is 13.0. The van der Waals surface area contributed by atoms with Crippen molar-refractivity contribution in [2.45, 2.75) is 0 Å². The summed E-state index contributed by atoms with van der Waals surface area (Å²) in [4.78, 5) is 32.1. The normalized spacial score (nSPS) is 14.0. The van der Waals surface area contributed by atoms with E-state index in [4.69, 9.17) is 14.6 Å². The maximum Gasteiger partial charge on any atom is 0.274 e. The number of aromatic nitrogens is 3. The topological polar surface area (TPSA) is 110 Å². The number of hydrogen-bond acceptors (Lipinski definition) is 7. The van der Waals surface area contributed by atoms with Gasteiger partial charge in [-0.1, -0.05) is 0 Å². The number of carbonyl (C=O) groups is 2. The van der Waals surface area contributed by atoms with Gasteiger partial charge >= 0.3 is 0 Å². The fourth-order valence-corrected chi connectivity index (χ4v) is 3.63. The fraction of sp³-hybridized carbons (Fsp3) is 0.333. The molecule has 1 fully saturated rings. The second kappa shape index (κ2) is 8.60. The van der Waals surface area contributed by atoms with Crippen LogP contribution >= 0.6 is 0 Å². The predicted molar refractivity (Wildman–Crippen MR) is 111 cm³/mol. The highest BCUT2D eigenvalue weighted by atomic mass is 16.5. The zero-order valence-electron chi connectivity index (χ0n) is 17.3. The molecule has 1 aliphatic heterocycles. The molecule has 2 amide bonds. The van der Waals surface area contributed by atoms with Crippen molar-refractivity contribution in [1.29, 1.82) is 0 Å². The molecule has 1 saturated heterocycles. The third-order valence-corrected chi connectivity index (χ3v) is 5.31. The molecular weight excluding hydrogens is 402 g/mol. The van der Waals surface area contributed by atoms with Gasteiger partial charge in [0.2, 0.25) is 5.91 Å². The van der Waals surface area contributed by atoms with Crippen molar-refractivity contribution in [3.63, 3.8) is 0 Å². The van der Waals surface area contributed by atoms with Gasteiger partial charge in [-0.2, -0.15) is 5.10 Å². The van der Waals surface area contributed by atoms with Gasteiger partial charge in [0.25, 0.3) is 5.91 Å². The van der Waals surface area contributed by atoms with Crippen molar-refractivity contribution >= 4 is 17.5 Å². The molecule has 0 atom stereocenters. The van der Waals surface area contributed by atoms with Crippen molar-refractivity contribution in [1.82, 2.24) is 24.4 Å². The number of rotatable bonds is 5. The van der Waals surface area contributed by atoms with Crippen LogP contribution in [0, 0.1) is 0 Å². The average molecular weight is 425 g/mol. The molecule has 4 rings (SSSR count). The Morgan fingerprint density at radius 2 is 1.71 bits per heavy atom. The van der Waals surface area contributed by atoms with Crippen LogP contribution in [0.3, 0.4) is 0 Å². The summed E-state index contributed by atoms with van der Waals surface area (Å²) in [5, 5.41) is 13.5. The molecule has 3 aromatic rings. The number of aliphatic hydroxyl groups is 1. The van der Waals surface area contributed by atoms with Gasteiger partial charge in [0.05, 0.1) is 19.9 Å². The number of nitrogens with zero attached hydrogens (tertiary/aromatic N) is 5. The van der Waals surface area contributed by atoms with Crippen LogP contribution in [0.2, 0.25) is 0 Å². The summed E-state index contributed by atoms with van der Waals surface area (Å²) in [7, 11) is 3.15. The number of hydrogen-bond donors (Lipinski definition) is 1. The molecule has 1 N–H and O–H groups in total. The number of ether oxygens (including phenoxy) is 2. The maximum absolute atomic E-state index is 13.0. The molecule has 10 heteroatoms. The van der Waals surface area contributed by atoms with Crippen molar-refractivity contribution in [3.8, 4) is 22.8 Å². The molecule has 0 spiro atoms. The lowest BCUT2D eigenvalue weighted by atomic mass is 10.1. The second-order valence-electron chi connectivity index (χ2n) is 7.03. The molecule has 1 aromatic carbocycles. The van der Waals surface area contributed by atoms with Crippen LogP contribution in [0.5, 0.6) is 11.5 Å². The molecule has 3 heterocycles.